The van der Waals surface area contributed by atoms with Crippen LogP contribution < -0.4 is 5.32 Å². The Morgan fingerprint density at radius 1 is 0.962 bits per heavy atom. The minimum absolute atomic E-state index is 0.0342. The molecule has 1 saturated heterocycles. The number of hydrogen-bond donors (Lipinski definition) is 1. The number of nitrogens with zero attached hydrogens (tertiary/aromatic N) is 1. The Balaban J connectivity index is 1.44. The number of hydrogen-bond acceptors (Lipinski definition) is 2. The van der Waals surface area contributed by atoms with Crippen molar-refractivity contribution in [1.29, 1.82) is 0 Å². The van der Waals surface area contributed by atoms with E-state index in [0.717, 1.165) is 22.0 Å². The zero-order valence-electron chi connectivity index (χ0n) is 14.4. The molecule has 3 aromatic rings. The Bertz CT molecular complexity index is 947. The Kier molecular flexibility index (Phi) is 4.40. The molecule has 0 unspecified atom stereocenters. The van der Waals surface area contributed by atoms with Crippen LogP contribution in [-0.2, 0) is 9.59 Å². The van der Waals surface area contributed by atoms with Gasteiger partial charge in [0.15, 0.2) is 0 Å². The molecule has 0 bridgehead atoms. The fourth-order valence-corrected chi connectivity index (χ4v) is 3.57. The van der Waals surface area contributed by atoms with E-state index in [2.05, 4.69) is 5.32 Å². The maximum absolute atomic E-state index is 12.5. The van der Waals surface area contributed by atoms with E-state index in [9.17, 15) is 9.59 Å². The third kappa shape index (κ3) is 3.31. The van der Waals surface area contributed by atoms with Crippen molar-refractivity contribution in [3.05, 3.63) is 78.4 Å². The highest BCUT2D eigenvalue weighted by atomic mass is 16.2. The quantitative estimate of drug-likeness (QED) is 0.783. The van der Waals surface area contributed by atoms with Crippen LogP contribution in [-0.4, -0.2) is 29.8 Å². The van der Waals surface area contributed by atoms with Gasteiger partial charge in [0.2, 0.25) is 11.8 Å². The first-order valence-corrected chi connectivity index (χ1v) is 8.81. The van der Waals surface area contributed by atoms with Gasteiger partial charge in [-0.2, -0.15) is 0 Å². The van der Waals surface area contributed by atoms with Gasteiger partial charge in [0.1, 0.15) is 0 Å². The van der Waals surface area contributed by atoms with E-state index in [1.165, 1.54) is 0 Å². The van der Waals surface area contributed by atoms with Crippen molar-refractivity contribution in [2.75, 3.05) is 18.4 Å². The van der Waals surface area contributed by atoms with Crippen LogP contribution in [0.2, 0.25) is 0 Å². The molecule has 0 aromatic heterocycles. The fourth-order valence-electron chi connectivity index (χ4n) is 3.57. The lowest BCUT2D eigenvalue weighted by Crippen LogP contribution is -2.34. The number of amides is 2. The normalized spacial score (nSPS) is 16.8. The van der Waals surface area contributed by atoms with Gasteiger partial charge < -0.3 is 10.2 Å². The molecule has 4 nitrogen and oxygen atoms in total. The van der Waals surface area contributed by atoms with Crippen LogP contribution in [0.4, 0.5) is 5.69 Å². The van der Waals surface area contributed by atoms with Crippen molar-refractivity contribution >= 4 is 28.3 Å². The van der Waals surface area contributed by atoms with E-state index >= 15 is 0 Å². The second-order valence-electron chi connectivity index (χ2n) is 6.66. The zero-order valence-corrected chi connectivity index (χ0v) is 14.4. The van der Waals surface area contributed by atoms with Crippen LogP contribution in [0.1, 0.15) is 17.9 Å². The Morgan fingerprint density at radius 3 is 2.54 bits per heavy atom. The first kappa shape index (κ1) is 16.3. The summed E-state index contributed by atoms with van der Waals surface area (Å²) >= 11 is 0. The van der Waals surface area contributed by atoms with Crippen LogP contribution in [0, 0.1) is 0 Å². The van der Waals surface area contributed by atoms with Crippen LogP contribution in [0.25, 0.3) is 10.8 Å². The number of nitrogens with one attached hydrogen (secondary N) is 1. The van der Waals surface area contributed by atoms with Crippen molar-refractivity contribution in [2.45, 2.75) is 12.3 Å². The summed E-state index contributed by atoms with van der Waals surface area (Å²) in [6.07, 6.45) is 0.464. The molecule has 4 heteroatoms. The maximum atomic E-state index is 12.5. The van der Waals surface area contributed by atoms with E-state index < -0.39 is 0 Å². The van der Waals surface area contributed by atoms with Crippen LogP contribution >= 0.6 is 0 Å². The number of fused-ring (bicyclic) bond motifs is 1. The minimum atomic E-state index is -0.164. The van der Waals surface area contributed by atoms with Crippen LogP contribution in [0.3, 0.4) is 0 Å². The molecule has 1 heterocycles. The minimum Gasteiger partial charge on any atom is -0.333 e. The molecule has 0 aliphatic carbocycles. The standard InChI is InChI=1S/C22H20N2O2/c25-21(23-20-12-6-10-17-9-4-5-11-19(17)20)15-24-14-18(13-22(24)26)16-7-2-1-3-8-16/h1-12,18H,13-15H2,(H,23,25)/t18-/m0/s1. The number of likely N-dealkylation sites (tertiary alicyclic amines) is 1. The van der Waals surface area contributed by atoms with Gasteiger partial charge in [0, 0.05) is 30.0 Å². The van der Waals surface area contributed by atoms with Crippen molar-refractivity contribution in [3.8, 4) is 0 Å². The monoisotopic (exact) mass is 344 g/mol. The maximum Gasteiger partial charge on any atom is 0.244 e. The third-order valence-corrected chi connectivity index (χ3v) is 4.88. The lowest BCUT2D eigenvalue weighted by atomic mass is 9.99. The number of anilines is 1. The van der Waals surface area contributed by atoms with E-state index in [0.29, 0.717) is 13.0 Å². The van der Waals surface area contributed by atoms with Gasteiger partial charge in [-0.25, -0.2) is 0 Å². The lowest BCUT2D eigenvalue weighted by Gasteiger charge is -2.17. The van der Waals surface area contributed by atoms with Crippen molar-refractivity contribution < 1.29 is 9.59 Å². The Hall–Kier alpha value is -3.14. The summed E-state index contributed by atoms with van der Waals surface area (Å²) in [6.45, 7) is 0.678. The van der Waals surface area contributed by atoms with E-state index in [4.69, 9.17) is 0 Å². The number of benzene rings is 3. The summed E-state index contributed by atoms with van der Waals surface area (Å²) in [5.41, 5.74) is 1.93. The predicted octanol–water partition coefficient (Wildman–Crippen LogP) is 3.79. The molecular weight excluding hydrogens is 324 g/mol. The molecule has 1 N–H and O–H groups in total. The average Bonchev–Trinajstić information content (AvgIpc) is 3.03. The first-order chi connectivity index (χ1) is 12.7. The van der Waals surface area contributed by atoms with Gasteiger partial charge in [0.25, 0.3) is 0 Å². The molecular formula is C22H20N2O2. The molecule has 1 fully saturated rings. The molecule has 4 rings (SSSR count). The molecule has 130 valence electrons. The van der Waals surface area contributed by atoms with Crippen LogP contribution in [0.15, 0.2) is 72.8 Å². The van der Waals surface area contributed by atoms with Gasteiger partial charge in [-0.15, -0.1) is 0 Å². The van der Waals surface area contributed by atoms with Gasteiger partial charge in [0.05, 0.1) is 6.54 Å². The van der Waals surface area contributed by atoms with Gasteiger partial charge in [-0.3, -0.25) is 9.59 Å². The summed E-state index contributed by atoms with van der Waals surface area (Å²) < 4.78 is 0. The average molecular weight is 344 g/mol. The highest BCUT2D eigenvalue weighted by molar-refractivity contribution is 6.03. The lowest BCUT2D eigenvalue weighted by molar-refractivity contribution is -0.131. The molecule has 26 heavy (non-hydrogen) atoms. The SMILES string of the molecule is O=C(CN1C[C@@H](c2ccccc2)CC1=O)Nc1cccc2ccccc12. The first-order valence-electron chi connectivity index (χ1n) is 8.81. The van der Waals surface area contributed by atoms with Crippen molar-refractivity contribution in [3.63, 3.8) is 0 Å². The number of carbonyl (C=O) groups is 2. The van der Waals surface area contributed by atoms with Crippen molar-refractivity contribution in [2.24, 2.45) is 0 Å². The van der Waals surface area contributed by atoms with Crippen molar-refractivity contribution in [1.82, 2.24) is 4.90 Å². The van der Waals surface area contributed by atoms with Gasteiger partial charge >= 0.3 is 0 Å². The molecule has 0 radical (unpaired) electrons. The molecule has 1 aliphatic heterocycles. The fraction of sp³-hybridized carbons (Fsp3) is 0.182. The Morgan fingerprint density at radius 2 is 1.69 bits per heavy atom. The topological polar surface area (TPSA) is 49.4 Å². The highest BCUT2D eigenvalue weighted by Crippen LogP contribution is 2.28. The van der Waals surface area contributed by atoms with E-state index in [-0.39, 0.29) is 24.3 Å². The van der Waals surface area contributed by atoms with Crippen LogP contribution in [0.5, 0.6) is 0 Å². The summed E-state index contributed by atoms with van der Waals surface area (Å²) in [5, 5.41) is 5.03. The number of carbonyl (C=O) groups excluding carboxylic acids is 2. The summed E-state index contributed by atoms with van der Waals surface area (Å²) in [7, 11) is 0. The smallest absolute Gasteiger partial charge is 0.244 e. The van der Waals surface area contributed by atoms with E-state index in [1.54, 1.807) is 4.90 Å². The summed E-state index contributed by atoms with van der Waals surface area (Å²) in [6, 6.07) is 23.8. The molecule has 2 amide bonds. The summed E-state index contributed by atoms with van der Waals surface area (Å²) in [4.78, 5) is 26.5. The predicted molar refractivity (Wildman–Crippen MR) is 103 cm³/mol. The van der Waals surface area contributed by atoms with Gasteiger partial charge in [-0.1, -0.05) is 66.7 Å². The highest BCUT2D eigenvalue weighted by Gasteiger charge is 2.31. The molecule has 0 saturated carbocycles. The Labute approximate surface area is 152 Å². The van der Waals surface area contributed by atoms with E-state index in [1.807, 2.05) is 72.8 Å². The molecule has 1 atom stereocenters. The molecule has 3 aromatic carbocycles. The number of rotatable bonds is 4. The molecule has 0 spiro atoms. The zero-order chi connectivity index (χ0) is 17.9. The van der Waals surface area contributed by atoms with Gasteiger partial charge in [-0.05, 0) is 17.0 Å². The largest absolute Gasteiger partial charge is 0.333 e. The summed E-state index contributed by atoms with van der Waals surface area (Å²) in [5.74, 6) is 0.0318. The second kappa shape index (κ2) is 7.00. The third-order valence-electron chi connectivity index (χ3n) is 4.88. The molecule has 1 aliphatic rings. The second-order valence-corrected chi connectivity index (χ2v) is 6.66.